The highest BCUT2D eigenvalue weighted by atomic mass is 14.9. The van der Waals surface area contributed by atoms with Gasteiger partial charge < -0.3 is 11.1 Å². The van der Waals surface area contributed by atoms with E-state index in [1.54, 1.807) is 6.07 Å². The fourth-order valence-corrected chi connectivity index (χ4v) is 4.05. The number of benzene rings is 1. The van der Waals surface area contributed by atoms with Crippen LogP contribution in [0.5, 0.6) is 0 Å². The van der Waals surface area contributed by atoms with Gasteiger partial charge in [0.2, 0.25) is 0 Å². The van der Waals surface area contributed by atoms with Gasteiger partial charge in [0.15, 0.2) is 0 Å². The van der Waals surface area contributed by atoms with E-state index in [2.05, 4.69) is 18.3 Å². The summed E-state index contributed by atoms with van der Waals surface area (Å²) in [6.45, 7) is 2.25. The minimum atomic E-state index is 0.437. The highest BCUT2D eigenvalue weighted by Crippen LogP contribution is 2.50. The van der Waals surface area contributed by atoms with E-state index in [1.807, 2.05) is 12.1 Å². The van der Waals surface area contributed by atoms with E-state index >= 15 is 0 Å². The number of anilines is 2. The lowest BCUT2D eigenvalue weighted by Gasteiger charge is -2.29. The Morgan fingerprint density at radius 2 is 2.21 bits per heavy atom. The average Bonchev–Trinajstić information content (AvgIpc) is 3.03. The maximum atomic E-state index is 9.02. The van der Waals surface area contributed by atoms with Gasteiger partial charge in [-0.2, -0.15) is 5.26 Å². The summed E-state index contributed by atoms with van der Waals surface area (Å²) in [5, 5.41) is 12.6. The number of hydrogen-bond donors (Lipinski definition) is 2. The van der Waals surface area contributed by atoms with Gasteiger partial charge in [-0.1, -0.05) is 12.5 Å². The van der Waals surface area contributed by atoms with Crippen molar-refractivity contribution >= 4 is 11.4 Å². The van der Waals surface area contributed by atoms with Crippen LogP contribution < -0.4 is 11.1 Å². The van der Waals surface area contributed by atoms with E-state index in [4.69, 9.17) is 11.0 Å². The lowest BCUT2D eigenvalue weighted by atomic mass is 9.84. The SMILES string of the molecule is CC(Nc1cccc(C#N)c1N)C1CC2CCC1C2. The zero-order valence-electron chi connectivity index (χ0n) is 11.4. The minimum absolute atomic E-state index is 0.437. The number of para-hydroxylation sites is 1. The molecule has 0 amide bonds. The van der Waals surface area contributed by atoms with Gasteiger partial charge in [0.05, 0.1) is 16.9 Å². The molecule has 3 rings (SSSR count). The van der Waals surface area contributed by atoms with Crippen LogP contribution >= 0.6 is 0 Å². The van der Waals surface area contributed by atoms with Gasteiger partial charge in [-0.3, -0.25) is 0 Å². The number of fused-ring (bicyclic) bond motifs is 2. The number of nitrogens with one attached hydrogen (secondary N) is 1. The summed E-state index contributed by atoms with van der Waals surface area (Å²) in [7, 11) is 0. The Morgan fingerprint density at radius 1 is 1.37 bits per heavy atom. The van der Waals surface area contributed by atoms with E-state index < -0.39 is 0 Å². The van der Waals surface area contributed by atoms with Crippen molar-refractivity contribution in [1.29, 1.82) is 5.26 Å². The van der Waals surface area contributed by atoms with Crippen molar-refractivity contribution < 1.29 is 0 Å². The number of nitrogen functional groups attached to an aromatic ring is 1. The second-order valence-corrected chi connectivity index (χ2v) is 6.15. The van der Waals surface area contributed by atoms with Crippen LogP contribution in [0.3, 0.4) is 0 Å². The molecule has 1 aromatic carbocycles. The summed E-state index contributed by atoms with van der Waals surface area (Å²) in [6, 6.07) is 8.21. The highest BCUT2D eigenvalue weighted by Gasteiger charge is 2.41. The molecular formula is C16H21N3. The van der Waals surface area contributed by atoms with E-state index in [0.29, 0.717) is 17.3 Å². The summed E-state index contributed by atoms with van der Waals surface area (Å²) in [5.74, 6) is 2.62. The van der Waals surface area contributed by atoms with Crippen LogP contribution in [0, 0.1) is 29.1 Å². The quantitative estimate of drug-likeness (QED) is 0.814. The molecule has 2 aliphatic rings. The molecule has 1 aromatic rings. The van der Waals surface area contributed by atoms with Gasteiger partial charge in [0.1, 0.15) is 6.07 Å². The molecule has 2 fully saturated rings. The predicted octanol–water partition coefficient (Wildman–Crippen LogP) is 3.38. The Morgan fingerprint density at radius 3 is 2.84 bits per heavy atom. The summed E-state index contributed by atoms with van der Waals surface area (Å²) in [6.07, 6.45) is 5.61. The molecule has 3 heteroatoms. The summed E-state index contributed by atoms with van der Waals surface area (Å²) >= 11 is 0. The van der Waals surface area contributed by atoms with Crippen LogP contribution in [0.1, 0.15) is 38.2 Å². The summed E-state index contributed by atoms with van der Waals surface area (Å²) in [5.41, 5.74) is 8.09. The standard InChI is InChI=1S/C16H21N3/c1-10(14-8-11-5-6-12(14)7-11)19-15-4-2-3-13(9-17)16(15)18/h2-4,10-12,14,19H,5-8,18H2,1H3. The predicted molar refractivity (Wildman–Crippen MR) is 77.6 cm³/mol. The van der Waals surface area contributed by atoms with Crippen LogP contribution in [0.4, 0.5) is 11.4 Å². The topological polar surface area (TPSA) is 61.8 Å². The third kappa shape index (κ3) is 2.16. The van der Waals surface area contributed by atoms with Gasteiger partial charge in [-0.25, -0.2) is 0 Å². The lowest BCUT2D eigenvalue weighted by Crippen LogP contribution is -2.30. The molecule has 0 aliphatic heterocycles. The smallest absolute Gasteiger partial charge is 0.101 e. The second-order valence-electron chi connectivity index (χ2n) is 6.15. The van der Waals surface area contributed by atoms with Crippen LogP contribution in [-0.2, 0) is 0 Å². The minimum Gasteiger partial charge on any atom is -0.396 e. The van der Waals surface area contributed by atoms with Crippen LogP contribution in [0.15, 0.2) is 18.2 Å². The molecule has 3 nitrogen and oxygen atoms in total. The number of nitrogens with two attached hydrogens (primary N) is 1. The van der Waals surface area contributed by atoms with Crippen LogP contribution in [0.2, 0.25) is 0 Å². The Hall–Kier alpha value is -1.69. The number of rotatable bonds is 3. The van der Waals surface area contributed by atoms with Crippen molar-refractivity contribution in [1.82, 2.24) is 0 Å². The van der Waals surface area contributed by atoms with Gasteiger partial charge in [-0.05, 0) is 56.1 Å². The van der Waals surface area contributed by atoms with E-state index in [9.17, 15) is 0 Å². The zero-order valence-corrected chi connectivity index (χ0v) is 11.4. The Bertz CT molecular complexity index is 517. The van der Waals surface area contributed by atoms with Crippen LogP contribution in [-0.4, -0.2) is 6.04 Å². The zero-order chi connectivity index (χ0) is 13.4. The molecular weight excluding hydrogens is 234 g/mol. The number of nitriles is 1. The molecule has 3 N–H and O–H groups in total. The first-order valence-electron chi connectivity index (χ1n) is 7.24. The molecule has 100 valence electrons. The molecule has 0 spiro atoms. The molecule has 0 aromatic heterocycles. The van der Waals surface area contributed by atoms with Crippen molar-refractivity contribution in [3.05, 3.63) is 23.8 Å². The summed E-state index contributed by atoms with van der Waals surface area (Å²) < 4.78 is 0. The van der Waals surface area contributed by atoms with Crippen molar-refractivity contribution in [2.45, 2.75) is 38.6 Å². The van der Waals surface area contributed by atoms with Gasteiger partial charge in [0.25, 0.3) is 0 Å². The average molecular weight is 255 g/mol. The van der Waals surface area contributed by atoms with Gasteiger partial charge in [0, 0.05) is 6.04 Å². The van der Waals surface area contributed by atoms with Crippen molar-refractivity contribution in [2.24, 2.45) is 17.8 Å². The Labute approximate surface area is 114 Å². The largest absolute Gasteiger partial charge is 0.396 e. The molecule has 4 unspecified atom stereocenters. The monoisotopic (exact) mass is 255 g/mol. The molecule has 19 heavy (non-hydrogen) atoms. The third-order valence-electron chi connectivity index (χ3n) is 5.04. The first-order valence-corrected chi connectivity index (χ1v) is 7.24. The summed E-state index contributed by atoms with van der Waals surface area (Å²) in [4.78, 5) is 0. The maximum Gasteiger partial charge on any atom is 0.101 e. The molecule has 2 aliphatic carbocycles. The number of nitrogens with zero attached hydrogens (tertiary/aromatic N) is 1. The molecule has 0 radical (unpaired) electrons. The lowest BCUT2D eigenvalue weighted by molar-refractivity contribution is 0.304. The van der Waals surface area contributed by atoms with Crippen molar-refractivity contribution in [3.8, 4) is 6.07 Å². The van der Waals surface area contributed by atoms with E-state index in [1.165, 1.54) is 25.7 Å². The van der Waals surface area contributed by atoms with E-state index in [-0.39, 0.29) is 0 Å². The molecule has 0 heterocycles. The first-order chi connectivity index (χ1) is 9.19. The highest BCUT2D eigenvalue weighted by molar-refractivity contribution is 5.73. The molecule has 2 bridgehead atoms. The van der Waals surface area contributed by atoms with Crippen molar-refractivity contribution in [3.63, 3.8) is 0 Å². The van der Waals surface area contributed by atoms with Crippen molar-refractivity contribution in [2.75, 3.05) is 11.1 Å². The first kappa shape index (κ1) is 12.3. The second kappa shape index (κ2) is 4.77. The normalized spacial score (nSPS) is 30.0. The number of hydrogen-bond acceptors (Lipinski definition) is 3. The fraction of sp³-hybridized carbons (Fsp3) is 0.562. The Balaban J connectivity index is 1.73. The maximum absolute atomic E-state index is 9.02. The third-order valence-corrected chi connectivity index (χ3v) is 5.04. The van der Waals surface area contributed by atoms with Gasteiger partial charge in [-0.15, -0.1) is 0 Å². The van der Waals surface area contributed by atoms with Crippen LogP contribution in [0.25, 0.3) is 0 Å². The Kier molecular flexibility index (Phi) is 3.10. The fourth-order valence-electron chi connectivity index (χ4n) is 4.05. The molecule has 2 saturated carbocycles. The molecule has 4 atom stereocenters. The van der Waals surface area contributed by atoms with E-state index in [0.717, 1.165) is 23.4 Å². The molecule has 0 saturated heterocycles. The van der Waals surface area contributed by atoms with Gasteiger partial charge >= 0.3 is 0 Å².